The molecule has 0 amide bonds. The predicted molar refractivity (Wildman–Crippen MR) is 84.3 cm³/mol. The molecule has 3 rings (SSSR count). The van der Waals surface area contributed by atoms with Crippen molar-refractivity contribution in [2.45, 2.75) is 26.2 Å². The lowest BCUT2D eigenvalue weighted by Crippen LogP contribution is -2.11. The second kappa shape index (κ2) is 4.08. The summed E-state index contributed by atoms with van der Waals surface area (Å²) in [5.74, 6) is 0. The Hall–Kier alpha value is -1.85. The highest BCUT2D eigenvalue weighted by molar-refractivity contribution is 7.26. The first kappa shape index (κ1) is 12.2. The molecule has 0 saturated heterocycles. The highest BCUT2D eigenvalue weighted by atomic mass is 32.1. The summed E-state index contributed by atoms with van der Waals surface area (Å²) in [7, 11) is 0. The molecular formula is C17H15NS. The molecular weight excluding hydrogens is 250 g/mol. The van der Waals surface area contributed by atoms with Crippen LogP contribution in [-0.4, -0.2) is 0 Å². The van der Waals surface area contributed by atoms with E-state index in [1.165, 1.54) is 20.3 Å². The van der Waals surface area contributed by atoms with Crippen molar-refractivity contribution >= 4 is 37.2 Å². The van der Waals surface area contributed by atoms with Crippen LogP contribution in [0.2, 0.25) is 0 Å². The molecule has 0 aliphatic heterocycles. The third-order valence-corrected chi connectivity index (χ3v) is 4.55. The van der Waals surface area contributed by atoms with E-state index < -0.39 is 0 Å². The van der Waals surface area contributed by atoms with Gasteiger partial charge in [0, 0.05) is 14.8 Å². The molecule has 19 heavy (non-hydrogen) atoms. The van der Waals surface area contributed by atoms with Crippen LogP contribution in [0.3, 0.4) is 0 Å². The fraction of sp³-hybridized carbons (Fsp3) is 0.235. The molecule has 1 aromatic heterocycles. The van der Waals surface area contributed by atoms with E-state index in [0.29, 0.717) is 0 Å². The smallest absolute Gasteiger partial charge is 0.196 e. The summed E-state index contributed by atoms with van der Waals surface area (Å²) in [4.78, 5) is 3.70. The minimum absolute atomic E-state index is 0.0860. The van der Waals surface area contributed by atoms with Gasteiger partial charge in [0.15, 0.2) is 5.69 Å². The Morgan fingerprint density at radius 2 is 1.58 bits per heavy atom. The maximum atomic E-state index is 7.40. The van der Waals surface area contributed by atoms with Crippen molar-refractivity contribution in [1.82, 2.24) is 0 Å². The Morgan fingerprint density at radius 1 is 0.947 bits per heavy atom. The molecule has 0 aliphatic rings. The van der Waals surface area contributed by atoms with Crippen LogP contribution in [0.15, 0.2) is 36.4 Å². The van der Waals surface area contributed by atoms with Gasteiger partial charge < -0.3 is 0 Å². The van der Waals surface area contributed by atoms with E-state index in [-0.39, 0.29) is 5.41 Å². The molecule has 0 radical (unpaired) electrons. The van der Waals surface area contributed by atoms with Gasteiger partial charge >= 0.3 is 0 Å². The Labute approximate surface area is 117 Å². The summed E-state index contributed by atoms with van der Waals surface area (Å²) >= 11 is 1.78. The molecule has 2 heteroatoms. The quantitative estimate of drug-likeness (QED) is 0.445. The number of fused-ring (bicyclic) bond motifs is 3. The van der Waals surface area contributed by atoms with Crippen molar-refractivity contribution in [3.8, 4) is 0 Å². The molecule has 0 atom stereocenters. The second-order valence-corrected chi connectivity index (χ2v) is 6.88. The summed E-state index contributed by atoms with van der Waals surface area (Å²) in [6, 6.07) is 12.5. The van der Waals surface area contributed by atoms with Crippen molar-refractivity contribution < 1.29 is 0 Å². The van der Waals surface area contributed by atoms with Gasteiger partial charge in [-0.2, -0.15) is 0 Å². The second-order valence-electron chi connectivity index (χ2n) is 5.79. The minimum Gasteiger partial charge on any atom is -0.237 e. The van der Waals surface area contributed by atoms with Crippen LogP contribution in [0, 0.1) is 6.57 Å². The predicted octanol–water partition coefficient (Wildman–Crippen LogP) is 5.90. The monoisotopic (exact) mass is 265 g/mol. The van der Waals surface area contributed by atoms with Crippen molar-refractivity contribution in [1.29, 1.82) is 0 Å². The third kappa shape index (κ3) is 1.82. The molecule has 0 bridgehead atoms. The molecule has 0 spiro atoms. The molecule has 0 aliphatic carbocycles. The third-order valence-electron chi connectivity index (χ3n) is 3.43. The topological polar surface area (TPSA) is 4.36 Å². The van der Waals surface area contributed by atoms with Gasteiger partial charge in [0.2, 0.25) is 0 Å². The molecule has 1 heterocycles. The average molecular weight is 265 g/mol. The Kier molecular flexibility index (Phi) is 2.62. The first-order valence-corrected chi connectivity index (χ1v) is 7.16. The standard InChI is InChI=1S/C17H15NS/c1-17(2,3)11-7-5-9-13-15(11)16-12(18-4)8-6-10-14(16)19-13/h5-10H,1-3H3. The van der Waals surface area contributed by atoms with Crippen molar-refractivity contribution in [3.63, 3.8) is 0 Å². The Bertz CT molecular complexity index is 813. The van der Waals surface area contributed by atoms with Crippen LogP contribution in [-0.2, 0) is 5.41 Å². The largest absolute Gasteiger partial charge is 0.237 e. The fourth-order valence-electron chi connectivity index (χ4n) is 2.57. The van der Waals surface area contributed by atoms with Crippen LogP contribution in [0.1, 0.15) is 26.3 Å². The highest BCUT2D eigenvalue weighted by Gasteiger charge is 2.20. The van der Waals surface area contributed by atoms with Crippen LogP contribution < -0.4 is 0 Å². The first-order valence-electron chi connectivity index (χ1n) is 6.34. The maximum Gasteiger partial charge on any atom is 0.196 e. The van der Waals surface area contributed by atoms with E-state index >= 15 is 0 Å². The van der Waals surface area contributed by atoms with Crippen molar-refractivity contribution in [2.75, 3.05) is 0 Å². The van der Waals surface area contributed by atoms with Crippen LogP contribution >= 0.6 is 11.3 Å². The highest BCUT2D eigenvalue weighted by Crippen LogP contribution is 2.43. The van der Waals surface area contributed by atoms with Crippen LogP contribution in [0.5, 0.6) is 0 Å². The SMILES string of the molecule is [C-]#[N+]c1cccc2sc3cccc(C(C)(C)C)c3c12. The number of nitrogens with zero attached hydrogens (tertiary/aromatic N) is 1. The summed E-state index contributed by atoms with van der Waals surface area (Å²) < 4.78 is 2.48. The maximum absolute atomic E-state index is 7.40. The molecule has 3 aromatic rings. The average Bonchev–Trinajstić information content (AvgIpc) is 2.75. The fourth-order valence-corrected chi connectivity index (χ4v) is 3.72. The summed E-state index contributed by atoms with van der Waals surface area (Å²) in [6.45, 7) is 14.1. The number of hydrogen-bond acceptors (Lipinski definition) is 1. The molecule has 1 nitrogen and oxygen atoms in total. The van der Waals surface area contributed by atoms with Gasteiger partial charge in [0.05, 0.1) is 6.57 Å². The van der Waals surface area contributed by atoms with E-state index in [9.17, 15) is 0 Å². The van der Waals surface area contributed by atoms with Gasteiger partial charge in [-0.15, -0.1) is 11.3 Å². The van der Waals surface area contributed by atoms with Gasteiger partial charge in [0.1, 0.15) is 0 Å². The van der Waals surface area contributed by atoms with Crippen LogP contribution in [0.25, 0.3) is 25.0 Å². The first-order chi connectivity index (χ1) is 9.02. The zero-order valence-corrected chi connectivity index (χ0v) is 12.1. The zero-order chi connectivity index (χ0) is 13.6. The van der Waals surface area contributed by atoms with Gasteiger partial charge in [0.25, 0.3) is 0 Å². The van der Waals surface area contributed by atoms with Gasteiger partial charge in [-0.25, -0.2) is 4.85 Å². The van der Waals surface area contributed by atoms with Gasteiger partial charge in [-0.05, 0) is 28.5 Å². The summed E-state index contributed by atoms with van der Waals surface area (Å²) in [5, 5.41) is 2.39. The van der Waals surface area contributed by atoms with Gasteiger partial charge in [-0.3, -0.25) is 0 Å². The van der Waals surface area contributed by atoms with E-state index in [1.54, 1.807) is 11.3 Å². The van der Waals surface area contributed by atoms with E-state index in [1.807, 2.05) is 12.1 Å². The van der Waals surface area contributed by atoms with E-state index in [4.69, 9.17) is 6.57 Å². The summed E-state index contributed by atoms with van der Waals surface area (Å²) in [5.41, 5.74) is 2.18. The van der Waals surface area contributed by atoms with Crippen LogP contribution in [0.4, 0.5) is 5.69 Å². The molecule has 0 N–H and O–H groups in total. The molecule has 0 saturated carbocycles. The number of benzene rings is 2. The number of hydrogen-bond donors (Lipinski definition) is 0. The lowest BCUT2D eigenvalue weighted by atomic mass is 9.84. The molecule has 0 fully saturated rings. The molecule has 94 valence electrons. The Balaban J connectivity index is 2.59. The van der Waals surface area contributed by atoms with Crippen molar-refractivity contribution in [2.24, 2.45) is 0 Å². The van der Waals surface area contributed by atoms with Gasteiger partial charge in [-0.1, -0.05) is 45.0 Å². The molecule has 0 unspecified atom stereocenters. The Morgan fingerprint density at radius 3 is 2.21 bits per heavy atom. The lowest BCUT2D eigenvalue weighted by molar-refractivity contribution is 0.596. The number of rotatable bonds is 0. The van der Waals surface area contributed by atoms with E-state index in [2.05, 4.69) is 49.9 Å². The van der Waals surface area contributed by atoms with Crippen molar-refractivity contribution in [3.05, 3.63) is 53.4 Å². The summed E-state index contributed by atoms with van der Waals surface area (Å²) in [6.07, 6.45) is 0. The van der Waals surface area contributed by atoms with E-state index in [0.717, 1.165) is 11.1 Å². The number of thiophene rings is 1. The zero-order valence-electron chi connectivity index (χ0n) is 11.3. The normalized spacial score (nSPS) is 11.9. The lowest BCUT2D eigenvalue weighted by Gasteiger charge is -2.20. The molecule has 2 aromatic carbocycles. The minimum atomic E-state index is 0.0860.